The Bertz CT molecular complexity index is 435. The molecule has 1 atom stereocenters. The number of Topliss-reactive ketones (excluding diaryl/α,β-unsaturated/α-hetero) is 1. The van der Waals surface area contributed by atoms with E-state index >= 15 is 0 Å². The Kier molecular flexibility index (Phi) is 4.22. The molecule has 0 bridgehead atoms. The van der Waals surface area contributed by atoms with Crippen LogP contribution in [0.2, 0.25) is 0 Å². The molecule has 1 unspecified atom stereocenters. The summed E-state index contributed by atoms with van der Waals surface area (Å²) in [6.07, 6.45) is 4.10. The fraction of sp³-hybridized carbons (Fsp3) is 0.500. The summed E-state index contributed by atoms with van der Waals surface area (Å²) >= 11 is 2.00. The van der Waals surface area contributed by atoms with Crippen LogP contribution in [0.4, 0.5) is 0 Å². The van der Waals surface area contributed by atoms with Crippen molar-refractivity contribution in [2.45, 2.75) is 30.6 Å². The van der Waals surface area contributed by atoms with E-state index in [1.807, 2.05) is 13.0 Å². The van der Waals surface area contributed by atoms with Gasteiger partial charge in [-0.15, -0.1) is 0 Å². The average molecular weight is 316 g/mol. The molecule has 1 saturated carbocycles. The molecule has 2 rings (SSSR count). The number of pyridine rings is 1. The van der Waals surface area contributed by atoms with Gasteiger partial charge in [-0.1, -0.05) is 15.9 Å². The number of ketones is 1. The molecule has 0 spiro atoms. The number of carbonyl (C=O) groups excluding carboxylic acids is 1. The molecule has 0 aliphatic heterocycles. The Labute approximate surface area is 112 Å². The topological polar surface area (TPSA) is 53.0 Å². The van der Waals surface area contributed by atoms with Crippen LogP contribution in [0.1, 0.15) is 41.7 Å². The highest BCUT2D eigenvalue weighted by molar-refractivity contribution is 9.09. The summed E-state index contributed by atoms with van der Waals surface area (Å²) in [5, 5.41) is 0.219. The second-order valence-electron chi connectivity index (χ2n) is 4.08. The molecular formula is C12H14BrNO2S. The lowest BCUT2D eigenvalue weighted by molar-refractivity contribution is 0.101. The fourth-order valence-electron chi connectivity index (χ4n) is 1.70. The summed E-state index contributed by atoms with van der Waals surface area (Å²) in [5.74, 6) is 0.964. The SMILES string of the molecule is CC[S+]([O-])c1cc(C2CC2)cnc1C(=O)CBr. The van der Waals surface area contributed by atoms with Crippen LogP contribution in [0.15, 0.2) is 17.2 Å². The molecule has 0 amide bonds. The van der Waals surface area contributed by atoms with Gasteiger partial charge in [0.25, 0.3) is 0 Å². The second-order valence-corrected chi connectivity index (χ2v) is 6.35. The number of hydrogen-bond acceptors (Lipinski definition) is 3. The van der Waals surface area contributed by atoms with Gasteiger partial charge >= 0.3 is 0 Å². The summed E-state index contributed by atoms with van der Waals surface area (Å²) in [5.41, 5.74) is 1.47. The molecule has 92 valence electrons. The number of alkyl halides is 1. The zero-order chi connectivity index (χ0) is 12.4. The van der Waals surface area contributed by atoms with E-state index in [1.165, 1.54) is 12.8 Å². The van der Waals surface area contributed by atoms with Crippen molar-refractivity contribution in [3.63, 3.8) is 0 Å². The highest BCUT2D eigenvalue weighted by Crippen LogP contribution is 2.40. The zero-order valence-electron chi connectivity index (χ0n) is 9.61. The third-order valence-electron chi connectivity index (χ3n) is 2.82. The molecule has 17 heavy (non-hydrogen) atoms. The number of aromatic nitrogens is 1. The molecule has 1 heterocycles. The molecule has 0 aromatic carbocycles. The van der Waals surface area contributed by atoms with E-state index in [2.05, 4.69) is 20.9 Å². The number of rotatable bonds is 5. The molecule has 1 aromatic heterocycles. The fourth-order valence-corrected chi connectivity index (χ4v) is 2.93. The molecule has 0 saturated heterocycles. The Morgan fingerprint density at radius 2 is 2.35 bits per heavy atom. The van der Waals surface area contributed by atoms with Gasteiger partial charge in [0.05, 0.1) is 5.33 Å². The summed E-state index contributed by atoms with van der Waals surface area (Å²) < 4.78 is 12.0. The summed E-state index contributed by atoms with van der Waals surface area (Å²) in [6, 6.07) is 1.90. The monoisotopic (exact) mass is 315 g/mol. The number of nitrogens with zero attached hydrogens (tertiary/aromatic N) is 1. The maximum absolute atomic E-state index is 12.0. The van der Waals surface area contributed by atoms with Gasteiger partial charge in [-0.25, -0.2) is 4.98 Å². The maximum Gasteiger partial charge on any atom is 0.196 e. The van der Waals surface area contributed by atoms with Crippen LogP contribution >= 0.6 is 15.9 Å². The van der Waals surface area contributed by atoms with E-state index in [9.17, 15) is 9.35 Å². The van der Waals surface area contributed by atoms with E-state index in [-0.39, 0.29) is 11.1 Å². The lowest BCUT2D eigenvalue weighted by Gasteiger charge is -2.12. The molecule has 1 aromatic rings. The number of hydrogen-bond donors (Lipinski definition) is 0. The van der Waals surface area contributed by atoms with Gasteiger partial charge in [-0.05, 0) is 42.4 Å². The van der Waals surface area contributed by atoms with Crippen LogP contribution in [0.3, 0.4) is 0 Å². The number of carbonyl (C=O) groups is 1. The quantitative estimate of drug-likeness (QED) is 0.477. The van der Waals surface area contributed by atoms with Gasteiger partial charge in [0.1, 0.15) is 5.75 Å². The van der Waals surface area contributed by atoms with Crippen molar-refractivity contribution in [3.8, 4) is 0 Å². The van der Waals surface area contributed by atoms with Crippen LogP contribution < -0.4 is 0 Å². The third-order valence-corrected chi connectivity index (χ3v) is 4.65. The molecule has 1 fully saturated rings. The van der Waals surface area contributed by atoms with Gasteiger partial charge < -0.3 is 4.55 Å². The van der Waals surface area contributed by atoms with Crippen LogP contribution in [0, 0.1) is 0 Å². The van der Waals surface area contributed by atoms with Crippen molar-refractivity contribution in [1.82, 2.24) is 4.98 Å². The van der Waals surface area contributed by atoms with Crippen molar-refractivity contribution in [1.29, 1.82) is 0 Å². The smallest absolute Gasteiger partial charge is 0.196 e. The highest BCUT2D eigenvalue weighted by atomic mass is 79.9. The van der Waals surface area contributed by atoms with Gasteiger partial charge in [0.2, 0.25) is 0 Å². The molecule has 1 aliphatic carbocycles. The summed E-state index contributed by atoms with van der Waals surface area (Å²) in [7, 11) is 0. The van der Waals surface area contributed by atoms with Gasteiger partial charge in [0.15, 0.2) is 16.4 Å². The third kappa shape index (κ3) is 2.89. The van der Waals surface area contributed by atoms with E-state index < -0.39 is 11.2 Å². The first-order valence-corrected chi connectivity index (χ1v) is 8.08. The predicted molar refractivity (Wildman–Crippen MR) is 71.3 cm³/mol. The molecule has 5 heteroatoms. The minimum absolute atomic E-state index is 0.107. The Morgan fingerprint density at radius 3 is 2.88 bits per heavy atom. The van der Waals surface area contributed by atoms with E-state index in [1.54, 1.807) is 6.20 Å². The van der Waals surface area contributed by atoms with Crippen molar-refractivity contribution in [2.24, 2.45) is 0 Å². The van der Waals surface area contributed by atoms with Crippen molar-refractivity contribution in [3.05, 3.63) is 23.5 Å². The first kappa shape index (κ1) is 13.1. The highest BCUT2D eigenvalue weighted by Gasteiger charge is 2.28. The standard InChI is InChI=1S/C12H14BrNO2S/c1-2-17(16)11-5-9(8-3-4-8)7-14-12(11)10(15)6-13/h5,7-8H,2-4,6H2,1H3. The molecule has 3 nitrogen and oxygen atoms in total. The minimum Gasteiger partial charge on any atom is -0.611 e. The molecule has 0 N–H and O–H groups in total. The van der Waals surface area contributed by atoms with Gasteiger partial charge in [-0.2, -0.15) is 0 Å². The van der Waals surface area contributed by atoms with E-state index in [4.69, 9.17) is 0 Å². The molecular weight excluding hydrogens is 302 g/mol. The summed E-state index contributed by atoms with van der Waals surface area (Å²) in [4.78, 5) is 16.5. The number of halogens is 1. The van der Waals surface area contributed by atoms with Crippen LogP contribution in [0.5, 0.6) is 0 Å². The predicted octanol–water partition coefficient (Wildman–Crippen LogP) is 2.66. The van der Waals surface area contributed by atoms with Gasteiger partial charge in [-0.3, -0.25) is 4.79 Å². The van der Waals surface area contributed by atoms with Crippen molar-refractivity contribution in [2.75, 3.05) is 11.1 Å². The largest absolute Gasteiger partial charge is 0.611 e. The van der Waals surface area contributed by atoms with Crippen LogP contribution in [-0.4, -0.2) is 26.4 Å². The van der Waals surface area contributed by atoms with Crippen molar-refractivity contribution >= 4 is 32.9 Å². The lowest BCUT2D eigenvalue weighted by Crippen LogP contribution is -2.14. The van der Waals surface area contributed by atoms with E-state index in [0.717, 1.165) is 5.56 Å². The van der Waals surface area contributed by atoms with Crippen molar-refractivity contribution < 1.29 is 9.35 Å². The lowest BCUT2D eigenvalue weighted by atomic mass is 10.1. The zero-order valence-corrected chi connectivity index (χ0v) is 12.0. The average Bonchev–Trinajstić information content (AvgIpc) is 3.20. The minimum atomic E-state index is -1.13. The first-order valence-electron chi connectivity index (χ1n) is 5.64. The summed E-state index contributed by atoms with van der Waals surface area (Å²) in [6.45, 7) is 1.85. The van der Waals surface area contributed by atoms with Gasteiger partial charge in [0, 0.05) is 12.3 Å². The molecule has 1 aliphatic rings. The Morgan fingerprint density at radius 1 is 1.65 bits per heavy atom. The second kappa shape index (κ2) is 5.50. The van der Waals surface area contributed by atoms with Crippen LogP contribution in [0.25, 0.3) is 0 Å². The molecule has 0 radical (unpaired) electrons. The Hall–Kier alpha value is -0.390. The van der Waals surface area contributed by atoms with Crippen LogP contribution in [-0.2, 0) is 11.2 Å². The van der Waals surface area contributed by atoms with E-state index in [0.29, 0.717) is 22.3 Å². The maximum atomic E-state index is 12.0. The Balaban J connectivity index is 2.39. The first-order chi connectivity index (χ1) is 8.17. The normalized spacial score (nSPS) is 16.9.